The van der Waals surface area contributed by atoms with Crippen LogP contribution >= 0.6 is 0 Å². The fourth-order valence-corrected chi connectivity index (χ4v) is 2.21. The fourth-order valence-electron chi connectivity index (χ4n) is 2.21. The zero-order valence-corrected chi connectivity index (χ0v) is 13.6. The molecule has 8 nitrogen and oxygen atoms in total. The van der Waals surface area contributed by atoms with Crippen LogP contribution in [0.5, 0.6) is 11.5 Å². The van der Waals surface area contributed by atoms with E-state index in [2.05, 4.69) is 10.3 Å². The van der Waals surface area contributed by atoms with Crippen LogP contribution < -0.4 is 14.8 Å². The molecule has 1 atom stereocenters. The van der Waals surface area contributed by atoms with E-state index < -0.39 is 18.0 Å². The molecule has 2 heterocycles. The number of nitrogens with one attached hydrogen (secondary N) is 2. The molecule has 3 rings (SSSR count). The Morgan fingerprint density at radius 1 is 1.20 bits per heavy atom. The van der Waals surface area contributed by atoms with E-state index in [1.54, 1.807) is 18.2 Å². The van der Waals surface area contributed by atoms with Crippen molar-refractivity contribution in [3.63, 3.8) is 0 Å². The highest BCUT2D eigenvalue weighted by Crippen LogP contribution is 2.34. The van der Waals surface area contributed by atoms with Gasteiger partial charge in [-0.3, -0.25) is 9.59 Å². The molecular weight excluding hydrogens is 328 g/mol. The van der Waals surface area contributed by atoms with Crippen molar-refractivity contribution in [3.05, 3.63) is 41.7 Å². The topological polar surface area (TPSA) is 107 Å². The van der Waals surface area contributed by atoms with Crippen LogP contribution in [0.25, 0.3) is 0 Å². The van der Waals surface area contributed by atoms with E-state index in [1.165, 1.54) is 26.1 Å². The first-order chi connectivity index (χ1) is 11.9. The average molecular weight is 344 g/mol. The maximum atomic E-state index is 12.2. The van der Waals surface area contributed by atoms with Crippen molar-refractivity contribution in [1.82, 2.24) is 4.98 Å². The van der Waals surface area contributed by atoms with Crippen LogP contribution in [-0.2, 0) is 9.53 Å². The van der Waals surface area contributed by atoms with E-state index >= 15 is 0 Å². The molecule has 1 amide bonds. The number of H-pyrrole nitrogens is 1. The number of rotatable bonds is 5. The Balaban J connectivity index is 1.60. The molecule has 1 aromatic heterocycles. The number of aromatic nitrogens is 1. The van der Waals surface area contributed by atoms with Crippen LogP contribution in [0.3, 0.4) is 0 Å². The van der Waals surface area contributed by atoms with Gasteiger partial charge in [-0.15, -0.1) is 0 Å². The Kier molecular flexibility index (Phi) is 4.42. The third-order valence-electron chi connectivity index (χ3n) is 3.60. The minimum Gasteiger partial charge on any atom is -0.454 e. The predicted molar refractivity (Wildman–Crippen MR) is 86.9 cm³/mol. The quantitative estimate of drug-likeness (QED) is 0.636. The number of fused-ring (bicyclic) bond motifs is 1. The maximum Gasteiger partial charge on any atom is 0.355 e. The number of ketones is 1. The molecule has 2 N–H and O–H groups in total. The lowest BCUT2D eigenvalue weighted by Gasteiger charge is -2.13. The molecule has 0 aliphatic carbocycles. The van der Waals surface area contributed by atoms with Gasteiger partial charge in [-0.05, 0) is 32.0 Å². The minimum atomic E-state index is -1.03. The van der Waals surface area contributed by atoms with E-state index in [1.807, 2.05) is 0 Å². The average Bonchev–Trinajstić information content (AvgIpc) is 3.23. The SMILES string of the molecule is CC(=O)c1c[nH]c(C(=O)O[C@H](C)C(=O)Nc2ccc3c(c2)OCO3)c1. The van der Waals surface area contributed by atoms with Crippen LogP contribution in [0.1, 0.15) is 34.7 Å². The Labute approximate surface area is 143 Å². The summed E-state index contributed by atoms with van der Waals surface area (Å²) in [4.78, 5) is 38.1. The van der Waals surface area contributed by atoms with Gasteiger partial charge < -0.3 is 24.5 Å². The summed E-state index contributed by atoms with van der Waals surface area (Å²) in [5, 5.41) is 2.64. The third kappa shape index (κ3) is 3.63. The number of esters is 1. The van der Waals surface area contributed by atoms with Gasteiger partial charge in [0, 0.05) is 23.5 Å². The van der Waals surface area contributed by atoms with E-state index in [4.69, 9.17) is 14.2 Å². The summed E-state index contributed by atoms with van der Waals surface area (Å²) in [6.45, 7) is 2.98. The van der Waals surface area contributed by atoms with E-state index in [0.29, 0.717) is 22.7 Å². The van der Waals surface area contributed by atoms with Gasteiger partial charge >= 0.3 is 5.97 Å². The van der Waals surface area contributed by atoms with Gasteiger partial charge in [-0.1, -0.05) is 0 Å². The zero-order chi connectivity index (χ0) is 18.0. The molecule has 25 heavy (non-hydrogen) atoms. The molecular formula is C17H16N2O6. The molecule has 0 unspecified atom stereocenters. The summed E-state index contributed by atoms with van der Waals surface area (Å²) in [5.41, 5.74) is 0.966. The molecule has 1 aliphatic heterocycles. The number of amides is 1. The second-order valence-corrected chi connectivity index (χ2v) is 5.46. The molecule has 0 spiro atoms. The summed E-state index contributed by atoms with van der Waals surface area (Å²) in [5.74, 6) is -0.258. The normalized spacial score (nSPS) is 13.2. The third-order valence-corrected chi connectivity index (χ3v) is 3.60. The lowest BCUT2D eigenvalue weighted by Crippen LogP contribution is -2.30. The monoisotopic (exact) mass is 344 g/mol. The van der Waals surface area contributed by atoms with Crippen LogP contribution in [0, 0.1) is 0 Å². The fraction of sp³-hybridized carbons (Fsp3) is 0.235. The first-order valence-electron chi connectivity index (χ1n) is 7.55. The number of Topliss-reactive ketones (excluding diaryl/α,β-unsaturated/α-hetero) is 1. The molecule has 0 fully saturated rings. The summed E-state index contributed by atoms with van der Waals surface area (Å²) >= 11 is 0. The molecule has 2 aromatic rings. The number of anilines is 1. The molecule has 130 valence electrons. The molecule has 0 bridgehead atoms. The number of carbonyl (C=O) groups is 3. The Morgan fingerprint density at radius 3 is 2.68 bits per heavy atom. The Morgan fingerprint density at radius 2 is 1.96 bits per heavy atom. The largest absolute Gasteiger partial charge is 0.454 e. The molecule has 0 saturated carbocycles. The number of aromatic amines is 1. The van der Waals surface area contributed by atoms with Gasteiger partial charge in [0.2, 0.25) is 6.79 Å². The van der Waals surface area contributed by atoms with Gasteiger partial charge in [-0.2, -0.15) is 0 Å². The standard InChI is InChI=1S/C17H16N2O6/c1-9(20)11-5-13(18-7-11)17(22)25-10(2)16(21)19-12-3-4-14-15(6-12)24-8-23-14/h3-7,10,18H,8H2,1-2H3,(H,19,21)/t10-/m1/s1. The molecule has 1 aliphatic rings. The van der Waals surface area contributed by atoms with Crippen molar-refractivity contribution >= 4 is 23.3 Å². The number of hydrogen-bond acceptors (Lipinski definition) is 6. The molecule has 0 radical (unpaired) electrons. The van der Waals surface area contributed by atoms with Crippen LogP contribution in [0.15, 0.2) is 30.5 Å². The highest BCUT2D eigenvalue weighted by atomic mass is 16.7. The maximum absolute atomic E-state index is 12.2. The van der Waals surface area contributed by atoms with Crippen LogP contribution in [0.4, 0.5) is 5.69 Å². The Hall–Kier alpha value is -3.29. The van der Waals surface area contributed by atoms with Crippen molar-refractivity contribution in [2.24, 2.45) is 0 Å². The number of carbonyl (C=O) groups excluding carboxylic acids is 3. The van der Waals surface area contributed by atoms with Crippen LogP contribution in [0.2, 0.25) is 0 Å². The van der Waals surface area contributed by atoms with E-state index in [-0.39, 0.29) is 18.3 Å². The van der Waals surface area contributed by atoms with Crippen molar-refractivity contribution in [2.75, 3.05) is 12.1 Å². The predicted octanol–water partition coefficient (Wildman–Crippen LogP) is 2.13. The van der Waals surface area contributed by atoms with Crippen molar-refractivity contribution in [2.45, 2.75) is 20.0 Å². The smallest absolute Gasteiger partial charge is 0.355 e. The van der Waals surface area contributed by atoms with Gasteiger partial charge in [-0.25, -0.2) is 4.79 Å². The second-order valence-electron chi connectivity index (χ2n) is 5.46. The molecule has 0 saturated heterocycles. The molecule has 8 heteroatoms. The summed E-state index contributed by atoms with van der Waals surface area (Å²) in [6.07, 6.45) is 0.387. The lowest BCUT2D eigenvalue weighted by atomic mass is 10.2. The number of benzene rings is 1. The van der Waals surface area contributed by atoms with E-state index in [9.17, 15) is 14.4 Å². The Bertz CT molecular complexity index is 841. The highest BCUT2D eigenvalue weighted by molar-refractivity contribution is 5.99. The summed E-state index contributed by atoms with van der Waals surface area (Å²) in [6, 6.07) is 6.34. The number of ether oxygens (including phenoxy) is 3. The number of hydrogen-bond donors (Lipinski definition) is 2. The van der Waals surface area contributed by atoms with Crippen molar-refractivity contribution in [1.29, 1.82) is 0 Å². The van der Waals surface area contributed by atoms with E-state index in [0.717, 1.165) is 0 Å². The van der Waals surface area contributed by atoms with Crippen LogP contribution in [-0.4, -0.2) is 35.5 Å². The minimum absolute atomic E-state index is 0.105. The van der Waals surface area contributed by atoms with Crippen molar-refractivity contribution in [3.8, 4) is 11.5 Å². The van der Waals surface area contributed by atoms with Crippen molar-refractivity contribution < 1.29 is 28.6 Å². The zero-order valence-electron chi connectivity index (χ0n) is 13.6. The van der Waals surface area contributed by atoms with Gasteiger partial charge in [0.15, 0.2) is 23.4 Å². The van der Waals surface area contributed by atoms with Gasteiger partial charge in [0.1, 0.15) is 5.69 Å². The second kappa shape index (κ2) is 6.68. The van der Waals surface area contributed by atoms with Gasteiger partial charge in [0.05, 0.1) is 0 Å². The molecule has 1 aromatic carbocycles. The summed E-state index contributed by atoms with van der Waals surface area (Å²) < 4.78 is 15.5. The first kappa shape index (κ1) is 16.6. The lowest BCUT2D eigenvalue weighted by molar-refractivity contribution is -0.123. The van der Waals surface area contributed by atoms with Gasteiger partial charge in [0.25, 0.3) is 5.91 Å². The highest BCUT2D eigenvalue weighted by Gasteiger charge is 2.21. The summed E-state index contributed by atoms with van der Waals surface area (Å²) in [7, 11) is 0. The first-order valence-corrected chi connectivity index (χ1v) is 7.55.